The number of hydrogen-bond acceptors (Lipinski definition) is 3. The highest BCUT2D eigenvalue weighted by Gasteiger charge is 2.31. The highest BCUT2D eigenvalue weighted by atomic mass is 16.5. The lowest BCUT2D eigenvalue weighted by Crippen LogP contribution is -2.25. The lowest BCUT2D eigenvalue weighted by Gasteiger charge is -2.19. The fraction of sp³-hybridized carbons (Fsp3) is 0.833. The molecule has 2 rings (SSSR count). The molecule has 2 aliphatic carbocycles. The van der Waals surface area contributed by atoms with E-state index < -0.39 is 0 Å². The van der Waals surface area contributed by atoms with Gasteiger partial charge >= 0.3 is 0 Å². The molecule has 0 saturated heterocycles. The van der Waals surface area contributed by atoms with E-state index in [0.717, 1.165) is 12.1 Å². The van der Waals surface area contributed by atoms with Crippen LogP contribution in [0, 0.1) is 0 Å². The Bertz CT molecular complexity index is 267. The van der Waals surface area contributed by atoms with Crippen LogP contribution in [0.1, 0.15) is 44.9 Å². The fourth-order valence-electron chi connectivity index (χ4n) is 2.54. The van der Waals surface area contributed by atoms with Gasteiger partial charge < -0.3 is 4.74 Å². The van der Waals surface area contributed by atoms with Crippen molar-refractivity contribution in [3.05, 3.63) is 0 Å². The largest absolute Gasteiger partial charge is 0.368 e. The summed E-state index contributed by atoms with van der Waals surface area (Å²) in [6.07, 6.45) is 7.39. The number of Topliss-reactive ketones (excluding diaryl/α,β-unsaturated/α-hetero) is 1. The Kier molecular flexibility index (Phi) is 3.52. The van der Waals surface area contributed by atoms with Gasteiger partial charge in [-0.2, -0.15) is 0 Å². The Morgan fingerprint density at radius 1 is 1.20 bits per heavy atom. The zero-order valence-corrected chi connectivity index (χ0v) is 9.37. The first-order valence-electron chi connectivity index (χ1n) is 5.93. The lowest BCUT2D eigenvalue weighted by atomic mass is 9.96. The van der Waals surface area contributed by atoms with Crippen LogP contribution in [0.3, 0.4) is 0 Å². The van der Waals surface area contributed by atoms with Crippen molar-refractivity contribution in [2.24, 2.45) is 4.99 Å². The molecule has 15 heavy (non-hydrogen) atoms. The van der Waals surface area contributed by atoms with Gasteiger partial charge in [0.2, 0.25) is 0 Å². The van der Waals surface area contributed by atoms with E-state index in [1.807, 2.05) is 0 Å². The van der Waals surface area contributed by atoms with Crippen molar-refractivity contribution in [1.29, 1.82) is 0 Å². The Balaban J connectivity index is 2.01. The zero-order chi connectivity index (χ0) is 10.7. The van der Waals surface area contributed by atoms with Crippen LogP contribution < -0.4 is 0 Å². The molecule has 0 radical (unpaired) electrons. The van der Waals surface area contributed by atoms with E-state index in [-0.39, 0.29) is 11.9 Å². The molecule has 0 bridgehead atoms. The second kappa shape index (κ2) is 4.88. The predicted octanol–water partition coefficient (Wildman–Crippen LogP) is 2.14. The highest BCUT2D eigenvalue weighted by molar-refractivity contribution is 6.13. The van der Waals surface area contributed by atoms with Gasteiger partial charge in [-0.15, -0.1) is 0 Å². The van der Waals surface area contributed by atoms with Crippen molar-refractivity contribution in [3.8, 4) is 0 Å². The van der Waals surface area contributed by atoms with Crippen molar-refractivity contribution in [1.82, 2.24) is 0 Å². The van der Waals surface area contributed by atoms with E-state index in [4.69, 9.17) is 9.73 Å². The van der Waals surface area contributed by atoms with Crippen molar-refractivity contribution in [2.75, 3.05) is 7.11 Å². The summed E-state index contributed by atoms with van der Waals surface area (Å²) in [6, 6.07) is 0.456. The fourth-order valence-corrected chi connectivity index (χ4v) is 2.54. The minimum atomic E-state index is -0.327. The third kappa shape index (κ3) is 2.46. The summed E-state index contributed by atoms with van der Waals surface area (Å²) in [4.78, 5) is 16.2. The molecule has 2 fully saturated rings. The van der Waals surface area contributed by atoms with Crippen LogP contribution >= 0.6 is 0 Å². The Hall–Kier alpha value is -0.700. The minimum absolute atomic E-state index is 0.201. The number of rotatable bonds is 2. The van der Waals surface area contributed by atoms with Crippen molar-refractivity contribution in [2.45, 2.75) is 57.1 Å². The summed E-state index contributed by atoms with van der Waals surface area (Å²) in [7, 11) is 1.60. The van der Waals surface area contributed by atoms with Crippen LogP contribution in [0.5, 0.6) is 0 Å². The van der Waals surface area contributed by atoms with Gasteiger partial charge in [0.05, 0.1) is 0 Å². The van der Waals surface area contributed by atoms with Gasteiger partial charge in [0.1, 0.15) is 0 Å². The summed E-state index contributed by atoms with van der Waals surface area (Å²) in [5.74, 6) is 0.201. The molecule has 1 atom stereocenters. The normalized spacial score (nSPS) is 31.4. The molecule has 0 aromatic heterocycles. The zero-order valence-electron chi connectivity index (χ0n) is 9.37. The molecule has 0 N–H and O–H groups in total. The predicted molar refractivity (Wildman–Crippen MR) is 59.3 cm³/mol. The minimum Gasteiger partial charge on any atom is -0.368 e. The van der Waals surface area contributed by atoms with Crippen LogP contribution in [-0.4, -0.2) is 30.8 Å². The molecule has 3 nitrogen and oxygen atoms in total. The summed E-state index contributed by atoms with van der Waals surface area (Å²) in [6.45, 7) is 0. The third-order valence-corrected chi connectivity index (χ3v) is 3.38. The van der Waals surface area contributed by atoms with E-state index >= 15 is 0 Å². The van der Waals surface area contributed by atoms with Crippen molar-refractivity contribution < 1.29 is 9.53 Å². The van der Waals surface area contributed by atoms with Gasteiger partial charge in [0.25, 0.3) is 0 Å². The smallest absolute Gasteiger partial charge is 0.167 e. The number of nitrogens with zero attached hydrogens (tertiary/aromatic N) is 1. The summed E-state index contributed by atoms with van der Waals surface area (Å²) in [5, 5.41) is 0. The Labute approximate surface area is 90.9 Å². The maximum absolute atomic E-state index is 11.5. The van der Waals surface area contributed by atoms with E-state index in [2.05, 4.69) is 0 Å². The van der Waals surface area contributed by atoms with Crippen molar-refractivity contribution >= 4 is 11.5 Å². The van der Waals surface area contributed by atoms with Crippen LogP contribution in [0.2, 0.25) is 0 Å². The van der Waals surface area contributed by atoms with Gasteiger partial charge in [0, 0.05) is 25.3 Å². The standard InChI is InChI=1S/C12H19NO2/c1-15-12-10(7-8-11(12)14)13-9-5-3-2-4-6-9/h9,12H,2-8H2,1H3. The highest BCUT2D eigenvalue weighted by Crippen LogP contribution is 2.23. The summed E-state index contributed by atoms with van der Waals surface area (Å²) in [5.41, 5.74) is 0.995. The number of hydrogen-bond donors (Lipinski definition) is 0. The summed E-state index contributed by atoms with van der Waals surface area (Å²) < 4.78 is 5.20. The SMILES string of the molecule is COC1C(=O)CCC1=NC1CCCCC1. The van der Waals surface area contributed by atoms with Gasteiger partial charge in [-0.25, -0.2) is 0 Å². The van der Waals surface area contributed by atoms with Gasteiger partial charge in [-0.3, -0.25) is 9.79 Å². The quantitative estimate of drug-likeness (QED) is 0.699. The first kappa shape index (κ1) is 10.8. The lowest BCUT2D eigenvalue weighted by molar-refractivity contribution is -0.123. The van der Waals surface area contributed by atoms with E-state index in [0.29, 0.717) is 12.5 Å². The number of carbonyl (C=O) groups excluding carboxylic acids is 1. The van der Waals surface area contributed by atoms with Gasteiger partial charge in [0.15, 0.2) is 11.9 Å². The van der Waals surface area contributed by atoms with E-state index in [1.54, 1.807) is 7.11 Å². The molecule has 84 valence electrons. The van der Waals surface area contributed by atoms with Crippen LogP contribution in [0.15, 0.2) is 4.99 Å². The van der Waals surface area contributed by atoms with Crippen LogP contribution in [-0.2, 0) is 9.53 Å². The second-order valence-corrected chi connectivity index (χ2v) is 4.49. The molecule has 3 heteroatoms. The maximum atomic E-state index is 11.5. The molecule has 0 spiro atoms. The number of aliphatic imine (C=N–C) groups is 1. The second-order valence-electron chi connectivity index (χ2n) is 4.49. The number of ether oxygens (including phenoxy) is 1. The molecule has 2 aliphatic rings. The summed E-state index contributed by atoms with van der Waals surface area (Å²) >= 11 is 0. The van der Waals surface area contributed by atoms with E-state index in [1.165, 1.54) is 32.1 Å². The molecular weight excluding hydrogens is 190 g/mol. The Morgan fingerprint density at radius 3 is 2.60 bits per heavy atom. The van der Waals surface area contributed by atoms with Gasteiger partial charge in [-0.05, 0) is 19.3 Å². The Morgan fingerprint density at radius 2 is 1.93 bits per heavy atom. The average Bonchev–Trinajstić information content (AvgIpc) is 2.61. The van der Waals surface area contributed by atoms with Crippen LogP contribution in [0.25, 0.3) is 0 Å². The molecule has 0 aliphatic heterocycles. The average molecular weight is 209 g/mol. The van der Waals surface area contributed by atoms with Crippen LogP contribution in [0.4, 0.5) is 0 Å². The maximum Gasteiger partial charge on any atom is 0.167 e. The molecular formula is C12H19NO2. The number of ketones is 1. The molecule has 0 amide bonds. The topological polar surface area (TPSA) is 38.7 Å². The first-order valence-corrected chi connectivity index (χ1v) is 5.93. The first-order chi connectivity index (χ1) is 7.31. The molecule has 0 aromatic rings. The molecule has 2 saturated carbocycles. The molecule has 0 heterocycles. The van der Waals surface area contributed by atoms with E-state index in [9.17, 15) is 4.79 Å². The van der Waals surface area contributed by atoms with Gasteiger partial charge in [-0.1, -0.05) is 19.3 Å². The molecule has 0 aromatic carbocycles. The number of carbonyl (C=O) groups is 1. The third-order valence-electron chi connectivity index (χ3n) is 3.38. The number of methoxy groups -OCH3 is 1. The monoisotopic (exact) mass is 209 g/mol. The molecule has 1 unspecified atom stereocenters. The van der Waals surface area contributed by atoms with Crippen molar-refractivity contribution in [3.63, 3.8) is 0 Å².